The number of rotatable bonds is 1. The molecule has 1 aromatic heterocycles. The predicted octanol–water partition coefficient (Wildman–Crippen LogP) is -0.0951. The zero-order valence-corrected chi connectivity index (χ0v) is 5.55. The number of carboxylic acids is 1. The summed E-state index contributed by atoms with van der Waals surface area (Å²) in [4.78, 5) is 15.7. The molecule has 0 radical (unpaired) electrons. The average Bonchev–Trinajstić information content (AvgIpc) is 2.34. The number of carboxylic acid groups (broad SMARTS) is 1. The minimum absolute atomic E-state index is 0.118. The fraction of sp³-hybridized carbons (Fsp3) is 0. The normalized spacial score (nSPS) is 8.80. The molecule has 0 saturated heterocycles. The number of thiazole rings is 1. The van der Waals surface area contributed by atoms with Crippen LogP contribution < -0.4 is 4.80 Å². The van der Waals surface area contributed by atoms with Crippen LogP contribution in [0.1, 0.15) is 9.67 Å². The first-order valence-corrected chi connectivity index (χ1v) is 3.15. The highest BCUT2D eigenvalue weighted by atomic mass is 32.1. The van der Waals surface area contributed by atoms with Crippen LogP contribution in [-0.2, 0) is 0 Å². The topological polar surface area (TPSA) is 89.5 Å². The van der Waals surface area contributed by atoms with E-state index in [1.165, 1.54) is 6.20 Å². The van der Waals surface area contributed by atoms with E-state index in [0.29, 0.717) is 0 Å². The number of hydrogen-bond donors (Lipinski definition) is 2. The van der Waals surface area contributed by atoms with E-state index in [-0.39, 0.29) is 9.68 Å². The highest BCUT2D eigenvalue weighted by molar-refractivity contribution is 7.11. The Morgan fingerprint density at radius 2 is 2.60 bits per heavy atom. The van der Waals surface area contributed by atoms with Crippen LogP contribution in [0.2, 0.25) is 0 Å². The van der Waals surface area contributed by atoms with Crippen molar-refractivity contribution >= 4 is 17.3 Å². The molecule has 0 aliphatic rings. The Labute approximate surface area is 59.2 Å². The van der Waals surface area contributed by atoms with E-state index in [2.05, 4.69) is 9.77 Å². The van der Waals surface area contributed by atoms with Gasteiger partial charge in [-0.2, -0.15) is 0 Å². The van der Waals surface area contributed by atoms with Crippen LogP contribution >= 0.6 is 11.3 Å². The maximum Gasteiger partial charge on any atom is 0.418 e. The van der Waals surface area contributed by atoms with Crippen LogP contribution in [0, 0.1) is 0 Å². The number of H-pyrrole nitrogens is 1. The zero-order chi connectivity index (χ0) is 7.56. The van der Waals surface area contributed by atoms with Crippen LogP contribution in [0.4, 0.5) is 0 Å². The monoisotopic (exact) mass is 157 g/mol. The molecule has 0 amide bonds. The summed E-state index contributed by atoms with van der Waals surface area (Å²) in [5, 5.41) is 8.36. The second-order valence-electron chi connectivity index (χ2n) is 1.47. The Bertz CT molecular complexity index is 332. The summed E-state index contributed by atoms with van der Waals surface area (Å²) in [5.74, 6) is -1.03. The van der Waals surface area contributed by atoms with Gasteiger partial charge < -0.3 is 10.6 Å². The first kappa shape index (κ1) is 6.73. The van der Waals surface area contributed by atoms with Crippen molar-refractivity contribution in [3.8, 4) is 0 Å². The number of aromatic nitrogens is 1. The van der Waals surface area contributed by atoms with E-state index < -0.39 is 5.97 Å². The SMILES string of the molecule is [N-]=[N+]=c1[nH]cc(C(=O)O)s1. The molecule has 52 valence electrons. The van der Waals surface area contributed by atoms with Gasteiger partial charge in [0.25, 0.3) is 0 Å². The summed E-state index contributed by atoms with van der Waals surface area (Å²) in [6.07, 6.45) is 1.27. The highest BCUT2D eigenvalue weighted by Crippen LogP contribution is 1.97. The van der Waals surface area contributed by atoms with Crippen molar-refractivity contribution < 1.29 is 14.7 Å². The molecule has 1 rings (SSSR count). The van der Waals surface area contributed by atoms with E-state index in [4.69, 9.17) is 10.6 Å². The lowest BCUT2D eigenvalue weighted by molar-refractivity contribution is -0.0652. The highest BCUT2D eigenvalue weighted by Gasteiger charge is 2.07. The predicted molar refractivity (Wildman–Crippen MR) is 32.4 cm³/mol. The fourth-order valence-corrected chi connectivity index (χ4v) is 1.02. The lowest BCUT2D eigenvalue weighted by atomic mass is 10.6. The number of nitrogens with zero attached hydrogens (tertiary/aromatic N) is 2. The van der Waals surface area contributed by atoms with Crippen molar-refractivity contribution in [3.05, 3.63) is 21.4 Å². The Hall–Kier alpha value is -1.39. The minimum Gasteiger partial charge on any atom is -0.496 e. The van der Waals surface area contributed by atoms with Crippen molar-refractivity contribution in [2.24, 2.45) is 0 Å². The lowest BCUT2D eigenvalue weighted by Gasteiger charge is -1.75. The molecular formula is C4H3N3O2S. The van der Waals surface area contributed by atoms with Gasteiger partial charge in [0.2, 0.25) is 0 Å². The number of aromatic amines is 1. The van der Waals surface area contributed by atoms with Crippen LogP contribution in [-0.4, -0.2) is 20.8 Å². The summed E-state index contributed by atoms with van der Waals surface area (Å²) < 4.78 is 0. The first-order chi connectivity index (χ1) is 4.74. The van der Waals surface area contributed by atoms with Crippen LogP contribution in [0.25, 0.3) is 5.53 Å². The van der Waals surface area contributed by atoms with Crippen LogP contribution in [0.15, 0.2) is 6.20 Å². The molecule has 10 heavy (non-hydrogen) atoms. The van der Waals surface area contributed by atoms with Crippen LogP contribution in [0.3, 0.4) is 0 Å². The average molecular weight is 157 g/mol. The van der Waals surface area contributed by atoms with E-state index in [9.17, 15) is 4.79 Å². The molecule has 6 heteroatoms. The van der Waals surface area contributed by atoms with Gasteiger partial charge in [0.1, 0.15) is 6.20 Å². The number of hydrogen-bond acceptors (Lipinski definition) is 2. The van der Waals surface area contributed by atoms with Gasteiger partial charge >= 0.3 is 10.8 Å². The quantitative estimate of drug-likeness (QED) is 0.440. The van der Waals surface area contributed by atoms with Gasteiger partial charge in [-0.15, -0.1) is 0 Å². The van der Waals surface area contributed by atoms with Gasteiger partial charge in [0.05, 0.1) is 0 Å². The van der Waals surface area contributed by atoms with E-state index in [1.54, 1.807) is 0 Å². The molecule has 0 aliphatic carbocycles. The van der Waals surface area contributed by atoms with Crippen molar-refractivity contribution in [1.29, 1.82) is 0 Å². The molecule has 0 atom stereocenters. The third-order valence-corrected chi connectivity index (χ3v) is 1.74. The second kappa shape index (κ2) is 2.47. The number of aromatic carboxylic acids is 1. The third kappa shape index (κ3) is 1.12. The molecule has 0 aromatic carbocycles. The largest absolute Gasteiger partial charge is 0.496 e. The Kier molecular flexibility index (Phi) is 1.66. The standard InChI is InChI=1S/C4H3N3O2S/c5-7-4-6-1-2(10-4)3(8)9/h1,6H,(H,8,9). The molecule has 5 nitrogen and oxygen atoms in total. The molecular weight excluding hydrogens is 154 g/mol. The van der Waals surface area contributed by atoms with Gasteiger partial charge in [-0.3, -0.25) is 4.79 Å². The second-order valence-corrected chi connectivity index (χ2v) is 2.50. The van der Waals surface area contributed by atoms with E-state index >= 15 is 0 Å². The molecule has 1 aromatic rings. The molecule has 0 fully saturated rings. The molecule has 0 unspecified atom stereocenters. The lowest BCUT2D eigenvalue weighted by Crippen LogP contribution is -1.96. The van der Waals surface area contributed by atoms with Gasteiger partial charge in [0, 0.05) is 0 Å². The Morgan fingerprint density at radius 3 is 2.90 bits per heavy atom. The molecule has 1 heterocycles. The summed E-state index contributed by atoms with van der Waals surface area (Å²) in [7, 11) is 0. The van der Waals surface area contributed by atoms with Crippen molar-refractivity contribution in [3.63, 3.8) is 0 Å². The molecule has 0 aliphatic heterocycles. The fourth-order valence-electron chi connectivity index (χ4n) is 0.445. The Morgan fingerprint density at radius 1 is 1.90 bits per heavy atom. The van der Waals surface area contributed by atoms with Crippen LogP contribution in [0.5, 0.6) is 0 Å². The van der Waals surface area contributed by atoms with Crippen molar-refractivity contribution in [1.82, 2.24) is 4.98 Å². The Balaban J connectivity index is 3.24. The number of carbonyl (C=O) groups is 1. The van der Waals surface area contributed by atoms with Gasteiger partial charge in [-0.05, 0) is 11.3 Å². The van der Waals surface area contributed by atoms with Crippen molar-refractivity contribution in [2.75, 3.05) is 0 Å². The third-order valence-electron chi connectivity index (χ3n) is 0.835. The summed E-state index contributed by atoms with van der Waals surface area (Å²) >= 11 is 0.869. The summed E-state index contributed by atoms with van der Waals surface area (Å²) in [6.45, 7) is 0. The van der Waals surface area contributed by atoms with E-state index in [0.717, 1.165) is 11.3 Å². The smallest absolute Gasteiger partial charge is 0.418 e. The van der Waals surface area contributed by atoms with Crippen molar-refractivity contribution in [2.45, 2.75) is 0 Å². The van der Waals surface area contributed by atoms with Gasteiger partial charge in [-0.1, -0.05) is 0 Å². The van der Waals surface area contributed by atoms with Gasteiger partial charge in [0.15, 0.2) is 4.88 Å². The zero-order valence-electron chi connectivity index (χ0n) is 4.74. The molecule has 2 N–H and O–H groups in total. The first-order valence-electron chi connectivity index (χ1n) is 2.34. The maximum absolute atomic E-state index is 10.2. The number of nitrogens with one attached hydrogen (secondary N) is 1. The van der Waals surface area contributed by atoms with Gasteiger partial charge in [-0.25, -0.2) is 9.78 Å². The van der Waals surface area contributed by atoms with E-state index in [1.807, 2.05) is 0 Å². The molecule has 0 spiro atoms. The summed E-state index contributed by atoms with van der Waals surface area (Å²) in [6, 6.07) is 0. The molecule has 0 saturated carbocycles. The molecule has 0 bridgehead atoms. The maximum atomic E-state index is 10.2. The summed E-state index contributed by atoms with van der Waals surface area (Å²) in [5.41, 5.74) is 8.14. The minimum atomic E-state index is -1.03.